The summed E-state index contributed by atoms with van der Waals surface area (Å²) in [6, 6.07) is 23.5. The van der Waals surface area contributed by atoms with Gasteiger partial charge in [-0.2, -0.15) is 0 Å². The minimum atomic E-state index is -1.22. The Hall–Kier alpha value is -3.64. The number of halogens is 1. The number of carbonyl (C=O) groups excluding carboxylic acids is 2. The van der Waals surface area contributed by atoms with Crippen molar-refractivity contribution in [2.75, 3.05) is 18.5 Å². The summed E-state index contributed by atoms with van der Waals surface area (Å²) in [4.78, 5) is 33.4. The van der Waals surface area contributed by atoms with Crippen molar-refractivity contribution in [3.05, 3.63) is 89.5 Å². The van der Waals surface area contributed by atoms with Crippen molar-refractivity contribution >= 4 is 35.9 Å². The molecule has 7 heteroatoms. The van der Waals surface area contributed by atoms with E-state index in [4.69, 9.17) is 5.73 Å². The molecule has 0 saturated carbocycles. The minimum absolute atomic E-state index is 0. The molecule has 0 spiro atoms. The average Bonchev–Trinajstić information content (AvgIpc) is 3.35. The molecular weight excluding hydrogens is 436 g/mol. The lowest BCUT2D eigenvalue weighted by molar-refractivity contribution is -0.129. The molecule has 0 aromatic heterocycles. The smallest absolute Gasteiger partial charge is 0.266 e. The van der Waals surface area contributed by atoms with Crippen LogP contribution in [0.25, 0.3) is 11.1 Å². The van der Waals surface area contributed by atoms with Gasteiger partial charge in [-0.05, 0) is 46.4 Å². The zero-order valence-electron chi connectivity index (χ0n) is 18.5. The summed E-state index contributed by atoms with van der Waals surface area (Å²) < 4.78 is 0. The highest BCUT2D eigenvalue weighted by Gasteiger charge is 2.49. The van der Waals surface area contributed by atoms with Gasteiger partial charge in [-0.25, -0.2) is 4.99 Å². The first-order valence-corrected chi connectivity index (χ1v) is 10.6. The molecule has 1 atom stereocenters. The molecule has 5 rings (SSSR count). The van der Waals surface area contributed by atoms with Gasteiger partial charge in [0.15, 0.2) is 11.5 Å². The second kappa shape index (κ2) is 8.37. The van der Waals surface area contributed by atoms with Crippen LogP contribution in [0.4, 0.5) is 5.69 Å². The van der Waals surface area contributed by atoms with E-state index in [0.29, 0.717) is 6.54 Å². The molecule has 168 valence electrons. The van der Waals surface area contributed by atoms with Crippen LogP contribution in [0.15, 0.2) is 77.8 Å². The van der Waals surface area contributed by atoms with E-state index < -0.39 is 5.54 Å². The van der Waals surface area contributed by atoms with Crippen LogP contribution in [0.1, 0.15) is 23.6 Å². The number of nitrogens with two attached hydrogens (primary N) is 1. The van der Waals surface area contributed by atoms with Crippen LogP contribution in [0.3, 0.4) is 0 Å². The van der Waals surface area contributed by atoms with Crippen molar-refractivity contribution in [1.29, 1.82) is 0 Å². The van der Waals surface area contributed by atoms with E-state index in [-0.39, 0.29) is 30.2 Å². The summed E-state index contributed by atoms with van der Waals surface area (Å²) in [6.07, 6.45) is 0.798. The summed E-state index contributed by atoms with van der Waals surface area (Å²) in [5.74, 6) is 0.0587. The van der Waals surface area contributed by atoms with Crippen LogP contribution < -0.4 is 10.6 Å². The Balaban J connectivity index is 0.00000259. The van der Waals surface area contributed by atoms with E-state index in [1.165, 1.54) is 4.90 Å². The van der Waals surface area contributed by atoms with Crippen LogP contribution in [0.2, 0.25) is 0 Å². The summed E-state index contributed by atoms with van der Waals surface area (Å²) >= 11 is 0. The predicted molar refractivity (Wildman–Crippen MR) is 132 cm³/mol. The number of hydrogen-bond acceptors (Lipinski definition) is 4. The highest BCUT2D eigenvalue weighted by atomic mass is 35.5. The van der Waals surface area contributed by atoms with Gasteiger partial charge in [0.25, 0.3) is 5.91 Å². The number of fused-ring (bicyclic) bond motifs is 1. The Kier molecular flexibility index (Phi) is 5.72. The molecule has 0 bridgehead atoms. The van der Waals surface area contributed by atoms with Crippen molar-refractivity contribution in [2.45, 2.75) is 18.9 Å². The fourth-order valence-electron chi connectivity index (χ4n) is 4.81. The Morgan fingerprint density at radius 2 is 1.70 bits per heavy atom. The van der Waals surface area contributed by atoms with Crippen LogP contribution >= 0.6 is 12.4 Å². The largest absolute Gasteiger partial charge is 0.369 e. The summed E-state index contributed by atoms with van der Waals surface area (Å²) in [5, 5.41) is 0. The van der Waals surface area contributed by atoms with Crippen molar-refractivity contribution < 1.29 is 9.59 Å². The number of benzene rings is 3. The Morgan fingerprint density at radius 1 is 1.00 bits per heavy atom. The number of rotatable bonds is 3. The Bertz CT molecular complexity index is 1270. The Morgan fingerprint density at radius 3 is 2.36 bits per heavy atom. The summed E-state index contributed by atoms with van der Waals surface area (Å²) in [6.45, 7) is 2.27. The molecule has 0 radical (unpaired) electrons. The molecular formula is C26H25ClN4O2. The zero-order chi connectivity index (χ0) is 22.5. The van der Waals surface area contributed by atoms with E-state index in [1.54, 1.807) is 14.0 Å². The van der Waals surface area contributed by atoms with Gasteiger partial charge < -0.3 is 10.6 Å². The van der Waals surface area contributed by atoms with Gasteiger partial charge in [0.1, 0.15) is 0 Å². The molecule has 0 fully saturated rings. The first-order valence-electron chi connectivity index (χ1n) is 10.6. The van der Waals surface area contributed by atoms with Crippen LogP contribution in [0.5, 0.6) is 0 Å². The number of amides is 2. The lowest BCUT2D eigenvalue weighted by Gasteiger charge is -2.26. The third-order valence-electron chi connectivity index (χ3n) is 6.43. The summed E-state index contributed by atoms with van der Waals surface area (Å²) in [7, 11) is 1.65. The third kappa shape index (κ3) is 3.38. The fraction of sp³-hybridized carbons (Fsp3) is 0.192. The molecule has 2 N–H and O–H groups in total. The zero-order valence-corrected chi connectivity index (χ0v) is 19.3. The molecule has 2 aliphatic rings. The number of anilines is 1. The van der Waals surface area contributed by atoms with Gasteiger partial charge in [-0.3, -0.25) is 14.5 Å². The lowest BCUT2D eigenvalue weighted by Crippen LogP contribution is -2.41. The van der Waals surface area contributed by atoms with Crippen molar-refractivity contribution in [3.63, 3.8) is 0 Å². The normalized spacial score (nSPS) is 19.2. The highest BCUT2D eigenvalue weighted by molar-refractivity contribution is 6.09. The topological polar surface area (TPSA) is 79.0 Å². The molecule has 0 aliphatic carbocycles. The van der Waals surface area contributed by atoms with Gasteiger partial charge in [0.05, 0.1) is 0 Å². The van der Waals surface area contributed by atoms with E-state index in [0.717, 1.165) is 39.9 Å². The van der Waals surface area contributed by atoms with Crippen molar-refractivity contribution in [2.24, 2.45) is 10.7 Å². The molecule has 6 nitrogen and oxygen atoms in total. The second-order valence-corrected chi connectivity index (χ2v) is 8.22. The molecule has 0 saturated heterocycles. The molecule has 3 aromatic carbocycles. The quantitative estimate of drug-likeness (QED) is 0.647. The molecule has 33 heavy (non-hydrogen) atoms. The maximum absolute atomic E-state index is 13.5. The first kappa shape index (κ1) is 22.6. The average molecular weight is 461 g/mol. The number of guanidine groups is 1. The van der Waals surface area contributed by atoms with Crippen molar-refractivity contribution in [3.8, 4) is 11.1 Å². The van der Waals surface area contributed by atoms with Gasteiger partial charge in [0.2, 0.25) is 5.91 Å². The van der Waals surface area contributed by atoms with Gasteiger partial charge in [0, 0.05) is 26.2 Å². The van der Waals surface area contributed by atoms with Crippen LogP contribution in [0, 0.1) is 0 Å². The number of carbonyl (C=O) groups is 2. The fourth-order valence-corrected chi connectivity index (χ4v) is 4.81. The van der Waals surface area contributed by atoms with Gasteiger partial charge >= 0.3 is 0 Å². The number of aliphatic imine (C=N–C) groups is 1. The predicted octanol–water partition coefficient (Wildman–Crippen LogP) is 3.71. The van der Waals surface area contributed by atoms with Crippen LogP contribution in [-0.2, 0) is 21.5 Å². The molecule has 3 aromatic rings. The third-order valence-corrected chi connectivity index (χ3v) is 6.43. The van der Waals surface area contributed by atoms with Gasteiger partial charge in [-0.15, -0.1) is 12.4 Å². The molecule has 1 unspecified atom stereocenters. The monoisotopic (exact) mass is 460 g/mol. The van der Waals surface area contributed by atoms with E-state index >= 15 is 0 Å². The number of likely N-dealkylation sites (N-methyl/N-ethyl adjacent to an activating group) is 1. The standard InChI is InChI=1S/C26H24N4O2.ClH/c1-17(31)30-15-14-22-21(12-7-13-23(22)30)18-8-6-11-20(16-18)26(19-9-4-3-5-10-19)24(32)29(2)25(27)28-26;/h3-13,16H,14-15H2,1-2H3,(H2,27,28);1H. The number of hydrogen-bond donors (Lipinski definition) is 1. The maximum atomic E-state index is 13.5. The summed E-state index contributed by atoms with van der Waals surface area (Å²) in [5.41, 5.74) is 10.6. The highest BCUT2D eigenvalue weighted by Crippen LogP contribution is 2.42. The molecule has 2 heterocycles. The SMILES string of the molecule is CC(=O)N1CCc2c(-c3cccc(C4(c5ccccc5)N=C(N)N(C)C4=O)c3)cccc21.Cl. The van der Waals surface area contributed by atoms with Crippen LogP contribution in [-0.4, -0.2) is 36.3 Å². The van der Waals surface area contributed by atoms with E-state index in [1.807, 2.05) is 71.6 Å². The second-order valence-electron chi connectivity index (χ2n) is 8.22. The van der Waals surface area contributed by atoms with Gasteiger partial charge in [-0.1, -0.05) is 60.7 Å². The minimum Gasteiger partial charge on any atom is -0.369 e. The first-order chi connectivity index (χ1) is 15.4. The molecule has 2 aliphatic heterocycles. The van der Waals surface area contributed by atoms with E-state index in [2.05, 4.69) is 11.1 Å². The Labute approximate surface area is 199 Å². The maximum Gasteiger partial charge on any atom is 0.266 e. The van der Waals surface area contributed by atoms with E-state index in [9.17, 15) is 9.59 Å². The lowest BCUT2D eigenvalue weighted by atomic mass is 9.81. The molecule has 2 amide bonds. The number of nitrogens with zero attached hydrogens (tertiary/aromatic N) is 3. The van der Waals surface area contributed by atoms with Crippen molar-refractivity contribution in [1.82, 2.24) is 4.90 Å².